The van der Waals surface area contributed by atoms with Crippen LogP contribution in [-0.4, -0.2) is 21.9 Å². The van der Waals surface area contributed by atoms with E-state index in [-0.39, 0.29) is 11.4 Å². The van der Waals surface area contributed by atoms with E-state index in [1.54, 1.807) is 0 Å². The van der Waals surface area contributed by atoms with Gasteiger partial charge in [-0.15, -0.1) is 0 Å². The minimum absolute atomic E-state index is 0.0309. The lowest BCUT2D eigenvalue weighted by Crippen LogP contribution is -2.27. The zero-order valence-corrected chi connectivity index (χ0v) is 13.2. The third-order valence-electron chi connectivity index (χ3n) is 2.55. The predicted molar refractivity (Wildman–Crippen MR) is 82.8 cm³/mol. The van der Waals surface area contributed by atoms with E-state index < -0.39 is 36.8 Å². The Labute approximate surface area is 132 Å². The molecule has 0 radical (unpaired) electrons. The summed E-state index contributed by atoms with van der Waals surface area (Å²) >= 11 is 0. The predicted octanol–water partition coefficient (Wildman–Crippen LogP) is 2.11. The van der Waals surface area contributed by atoms with Gasteiger partial charge in [-0.1, -0.05) is 0 Å². The fourth-order valence-electron chi connectivity index (χ4n) is 1.66. The minimum atomic E-state index is -4.23. The van der Waals surface area contributed by atoms with Crippen LogP contribution >= 0.6 is 0 Å². The molecule has 6 nitrogen and oxygen atoms in total. The van der Waals surface area contributed by atoms with Crippen LogP contribution in [0.2, 0.25) is 0 Å². The summed E-state index contributed by atoms with van der Waals surface area (Å²) < 4.78 is 77.0. The zero-order valence-electron chi connectivity index (χ0n) is 11.5. The third-order valence-corrected chi connectivity index (χ3v) is 6.12. The van der Waals surface area contributed by atoms with Crippen molar-refractivity contribution in [2.45, 2.75) is 0 Å². The lowest BCUT2D eigenvalue weighted by atomic mass is 10.3. The van der Waals surface area contributed by atoms with Crippen LogP contribution in [0.3, 0.4) is 0 Å². The molecule has 0 heterocycles. The van der Waals surface area contributed by atoms with Gasteiger partial charge in [0.05, 0.1) is 0 Å². The molecule has 0 aliphatic rings. The molecular weight excluding hydrogens is 350 g/mol. The summed E-state index contributed by atoms with van der Waals surface area (Å²) in [7, 11) is -8.46. The van der Waals surface area contributed by atoms with Crippen molar-refractivity contribution in [3.05, 3.63) is 60.2 Å². The topological polar surface area (TPSA) is 92.3 Å². The molecule has 0 aliphatic heterocycles. The van der Waals surface area contributed by atoms with Crippen LogP contribution in [0, 0.1) is 11.6 Å². The van der Waals surface area contributed by atoms with Crippen LogP contribution in [0.15, 0.2) is 48.5 Å². The summed E-state index contributed by atoms with van der Waals surface area (Å²) in [4.78, 5) is 0. The Hall–Kier alpha value is -2.20. The van der Waals surface area contributed by atoms with Crippen molar-refractivity contribution in [1.29, 1.82) is 0 Å². The number of rotatable bonds is 6. The van der Waals surface area contributed by atoms with Crippen LogP contribution in [0.5, 0.6) is 0 Å². The maximum Gasteiger partial charge on any atom is 0.249 e. The molecule has 0 amide bonds. The number of sulfonamides is 2. The fourth-order valence-corrected chi connectivity index (χ4v) is 4.75. The second kappa shape index (κ2) is 6.50. The molecule has 124 valence electrons. The van der Waals surface area contributed by atoms with E-state index in [4.69, 9.17) is 0 Å². The van der Waals surface area contributed by atoms with E-state index in [1.165, 1.54) is 0 Å². The summed E-state index contributed by atoms with van der Waals surface area (Å²) in [5, 5.41) is -1.24. The van der Waals surface area contributed by atoms with Crippen molar-refractivity contribution in [3.8, 4) is 0 Å². The van der Waals surface area contributed by atoms with Gasteiger partial charge < -0.3 is 0 Å². The van der Waals surface area contributed by atoms with Gasteiger partial charge in [-0.05, 0) is 48.5 Å². The summed E-state index contributed by atoms with van der Waals surface area (Å²) in [6.07, 6.45) is 0. The first-order chi connectivity index (χ1) is 10.7. The maximum atomic E-state index is 12.8. The van der Waals surface area contributed by atoms with Gasteiger partial charge in [0.1, 0.15) is 11.6 Å². The van der Waals surface area contributed by atoms with Gasteiger partial charge in [-0.3, -0.25) is 9.44 Å². The van der Waals surface area contributed by atoms with E-state index >= 15 is 0 Å². The minimum Gasteiger partial charge on any atom is -0.283 e. The SMILES string of the molecule is O=S(=O)(CS(=O)(=O)Nc1ccc(F)cc1)Nc1ccc(F)cc1. The van der Waals surface area contributed by atoms with E-state index in [9.17, 15) is 25.6 Å². The molecule has 0 aliphatic carbocycles. The van der Waals surface area contributed by atoms with Crippen molar-refractivity contribution < 1.29 is 25.6 Å². The third kappa shape index (κ3) is 5.49. The molecular formula is C13H12F2N2O4S2. The second-order valence-electron chi connectivity index (χ2n) is 4.57. The summed E-state index contributed by atoms with van der Waals surface area (Å²) in [5.74, 6) is -1.11. The van der Waals surface area contributed by atoms with Crippen molar-refractivity contribution >= 4 is 31.4 Å². The largest absolute Gasteiger partial charge is 0.283 e. The van der Waals surface area contributed by atoms with Crippen LogP contribution in [0.1, 0.15) is 0 Å². The molecule has 0 bridgehead atoms. The Morgan fingerprint density at radius 3 is 1.26 bits per heavy atom. The van der Waals surface area contributed by atoms with Crippen molar-refractivity contribution in [1.82, 2.24) is 0 Å². The van der Waals surface area contributed by atoms with Crippen molar-refractivity contribution in [3.63, 3.8) is 0 Å². The Morgan fingerprint density at radius 2 is 0.957 bits per heavy atom. The van der Waals surface area contributed by atoms with Gasteiger partial charge in [0.2, 0.25) is 20.0 Å². The Kier molecular flexibility index (Phi) is 4.85. The molecule has 10 heteroatoms. The highest BCUT2D eigenvalue weighted by molar-refractivity contribution is 8.09. The average molecular weight is 362 g/mol. The molecule has 2 rings (SSSR count). The molecule has 0 aromatic heterocycles. The monoisotopic (exact) mass is 362 g/mol. The molecule has 0 unspecified atom stereocenters. The number of benzene rings is 2. The van der Waals surface area contributed by atoms with Crippen molar-refractivity contribution in [2.75, 3.05) is 14.5 Å². The lowest BCUT2D eigenvalue weighted by Gasteiger charge is -2.10. The number of nitrogens with one attached hydrogen (secondary N) is 2. The van der Waals surface area contributed by atoms with Gasteiger partial charge in [0.15, 0.2) is 5.08 Å². The highest BCUT2D eigenvalue weighted by atomic mass is 32.3. The number of hydrogen-bond donors (Lipinski definition) is 2. The smallest absolute Gasteiger partial charge is 0.249 e. The quantitative estimate of drug-likeness (QED) is 0.823. The van der Waals surface area contributed by atoms with E-state index in [0.717, 1.165) is 48.5 Å². The first kappa shape index (κ1) is 17.2. The molecule has 0 atom stereocenters. The van der Waals surface area contributed by atoms with E-state index in [0.29, 0.717) is 0 Å². The molecule has 0 spiro atoms. The molecule has 0 saturated heterocycles. The molecule has 2 aromatic carbocycles. The second-order valence-corrected chi connectivity index (χ2v) is 8.38. The Morgan fingerprint density at radius 1 is 0.652 bits per heavy atom. The van der Waals surface area contributed by atoms with Crippen molar-refractivity contribution in [2.24, 2.45) is 0 Å². The van der Waals surface area contributed by atoms with Crippen LogP contribution < -0.4 is 9.44 Å². The molecule has 0 fully saturated rings. The summed E-state index contributed by atoms with van der Waals surface area (Å²) in [5.41, 5.74) is 0.0618. The highest BCUT2D eigenvalue weighted by Crippen LogP contribution is 2.14. The zero-order chi connectivity index (χ0) is 17.1. The summed E-state index contributed by atoms with van der Waals surface area (Å²) in [6, 6.07) is 8.76. The van der Waals surface area contributed by atoms with Gasteiger partial charge in [-0.2, -0.15) is 0 Å². The van der Waals surface area contributed by atoms with Gasteiger partial charge in [-0.25, -0.2) is 25.6 Å². The van der Waals surface area contributed by atoms with Gasteiger partial charge in [0.25, 0.3) is 0 Å². The number of halogens is 2. The van der Waals surface area contributed by atoms with Crippen LogP contribution in [-0.2, 0) is 20.0 Å². The number of anilines is 2. The maximum absolute atomic E-state index is 12.8. The fraction of sp³-hybridized carbons (Fsp3) is 0.0769. The lowest BCUT2D eigenvalue weighted by molar-refractivity contribution is 0.594. The van der Waals surface area contributed by atoms with Gasteiger partial charge in [0, 0.05) is 11.4 Å². The average Bonchev–Trinajstić information content (AvgIpc) is 2.42. The molecule has 2 aromatic rings. The van der Waals surface area contributed by atoms with E-state index in [1.807, 2.05) is 9.44 Å². The molecule has 0 saturated carbocycles. The Balaban J connectivity index is 2.08. The van der Waals surface area contributed by atoms with Gasteiger partial charge >= 0.3 is 0 Å². The van der Waals surface area contributed by atoms with E-state index in [2.05, 4.69) is 0 Å². The molecule has 23 heavy (non-hydrogen) atoms. The van der Waals surface area contributed by atoms with Crippen LogP contribution in [0.25, 0.3) is 0 Å². The Bertz CT molecular complexity index is 805. The number of hydrogen-bond acceptors (Lipinski definition) is 4. The summed E-state index contributed by atoms with van der Waals surface area (Å²) in [6.45, 7) is 0. The highest BCUT2D eigenvalue weighted by Gasteiger charge is 2.22. The first-order valence-electron chi connectivity index (χ1n) is 6.17. The first-order valence-corrected chi connectivity index (χ1v) is 9.48. The molecule has 2 N–H and O–H groups in total. The normalized spacial score (nSPS) is 11.9. The standard InChI is InChI=1S/C13H12F2N2O4S2/c14-10-1-5-12(6-2-10)16-22(18,19)9-23(20,21)17-13-7-3-11(15)4-8-13/h1-8,16-17H,9H2. The van der Waals surface area contributed by atoms with Crippen LogP contribution in [0.4, 0.5) is 20.2 Å².